The third-order valence-electron chi connectivity index (χ3n) is 8.35. The molecule has 1 fully saturated rings. The third-order valence-corrected chi connectivity index (χ3v) is 8.35. The van der Waals surface area contributed by atoms with Crippen molar-refractivity contribution < 1.29 is 23.1 Å². The summed E-state index contributed by atoms with van der Waals surface area (Å²) < 4.78 is 31.9. The molecule has 1 atom stereocenters. The fourth-order valence-electron chi connectivity index (χ4n) is 6.12. The molecule has 2 heterocycles. The molecule has 1 aliphatic rings. The van der Waals surface area contributed by atoms with Gasteiger partial charge in [-0.05, 0) is 54.5 Å². The molecule has 44 heavy (non-hydrogen) atoms. The van der Waals surface area contributed by atoms with Crippen LogP contribution < -0.4 is 15.4 Å². The van der Waals surface area contributed by atoms with Gasteiger partial charge in [0, 0.05) is 42.4 Å². The zero-order valence-corrected chi connectivity index (χ0v) is 24.5. The van der Waals surface area contributed by atoms with Gasteiger partial charge in [0.25, 0.3) is 5.91 Å². The van der Waals surface area contributed by atoms with Gasteiger partial charge in [0.2, 0.25) is 5.91 Å². The van der Waals surface area contributed by atoms with Crippen molar-refractivity contribution in [2.45, 2.75) is 51.3 Å². The molecule has 2 aromatic heterocycles. The molecule has 0 unspecified atom stereocenters. The summed E-state index contributed by atoms with van der Waals surface area (Å²) in [5.74, 6) is 0.375. The van der Waals surface area contributed by atoms with Gasteiger partial charge >= 0.3 is 6.61 Å². The maximum absolute atomic E-state index is 14.0. The summed E-state index contributed by atoms with van der Waals surface area (Å²) in [6.07, 6.45) is 6.31. The molecule has 226 valence electrons. The largest absolute Gasteiger partial charge is 0.435 e. The maximum atomic E-state index is 14.0. The fraction of sp³-hybridized carbons (Fsp3) is 0.294. The van der Waals surface area contributed by atoms with Crippen molar-refractivity contribution in [2.24, 2.45) is 5.92 Å². The number of aromatic nitrogens is 3. The van der Waals surface area contributed by atoms with Gasteiger partial charge in [-0.3, -0.25) is 14.6 Å². The molecule has 3 aromatic carbocycles. The lowest BCUT2D eigenvalue weighted by molar-refractivity contribution is -0.128. The topological polar surface area (TPSA) is 98.1 Å². The molecular formula is C34H33F2N5O3. The van der Waals surface area contributed by atoms with E-state index in [2.05, 4.69) is 24.9 Å². The second-order valence-electron chi connectivity index (χ2n) is 11.1. The van der Waals surface area contributed by atoms with Crippen molar-refractivity contribution in [3.8, 4) is 17.1 Å². The van der Waals surface area contributed by atoms with Crippen LogP contribution in [0.1, 0.15) is 60.6 Å². The summed E-state index contributed by atoms with van der Waals surface area (Å²) in [4.78, 5) is 36.0. The van der Waals surface area contributed by atoms with Crippen LogP contribution in [0, 0.1) is 5.92 Å². The van der Waals surface area contributed by atoms with Crippen LogP contribution in [-0.2, 0) is 4.79 Å². The number of carbonyl (C=O) groups is 2. The quantitative estimate of drug-likeness (QED) is 0.184. The predicted octanol–water partition coefficient (Wildman–Crippen LogP) is 6.82. The van der Waals surface area contributed by atoms with Crippen molar-refractivity contribution in [3.63, 3.8) is 0 Å². The first-order valence-electron chi connectivity index (χ1n) is 14.8. The molecule has 0 radical (unpaired) electrons. The maximum Gasteiger partial charge on any atom is 0.387 e. The van der Waals surface area contributed by atoms with Gasteiger partial charge in [0.1, 0.15) is 11.6 Å². The van der Waals surface area contributed by atoms with Gasteiger partial charge in [0.15, 0.2) is 0 Å². The van der Waals surface area contributed by atoms with Crippen LogP contribution in [0.25, 0.3) is 33.2 Å². The highest BCUT2D eigenvalue weighted by atomic mass is 19.3. The number of rotatable bonds is 10. The van der Waals surface area contributed by atoms with E-state index in [9.17, 15) is 18.4 Å². The van der Waals surface area contributed by atoms with E-state index >= 15 is 0 Å². The van der Waals surface area contributed by atoms with E-state index in [-0.39, 0.29) is 35.6 Å². The Morgan fingerprint density at radius 2 is 1.80 bits per heavy atom. The molecule has 8 nitrogen and oxygen atoms in total. The first-order valence-corrected chi connectivity index (χ1v) is 14.8. The molecular weight excluding hydrogens is 564 g/mol. The molecule has 0 aliphatic heterocycles. The molecule has 1 saturated carbocycles. The monoisotopic (exact) mass is 597 g/mol. The SMILES string of the molecule is CCC[C@H](NC(=O)c1cccc2nc(-c3cncc4ccccc34)n(C3CC(C(=O)NC)C3)c12)c1ccc(OC(F)F)cc1. The Kier molecular flexibility index (Phi) is 8.23. The molecule has 6 rings (SSSR count). The zero-order chi connectivity index (χ0) is 30.8. The molecule has 5 aromatic rings. The van der Waals surface area contributed by atoms with Crippen LogP contribution >= 0.6 is 0 Å². The molecule has 2 N–H and O–H groups in total. The summed E-state index contributed by atoms with van der Waals surface area (Å²) in [6.45, 7) is -0.887. The first-order chi connectivity index (χ1) is 21.4. The van der Waals surface area contributed by atoms with E-state index in [0.717, 1.165) is 28.3 Å². The number of carbonyl (C=O) groups excluding carboxylic acids is 2. The highest BCUT2D eigenvalue weighted by Crippen LogP contribution is 2.44. The Morgan fingerprint density at radius 1 is 1.02 bits per heavy atom. The number of nitrogens with one attached hydrogen (secondary N) is 2. The van der Waals surface area contributed by atoms with Crippen LogP contribution in [0.4, 0.5) is 8.78 Å². The third kappa shape index (κ3) is 5.59. The number of nitrogens with zero attached hydrogens (tertiary/aromatic N) is 3. The van der Waals surface area contributed by atoms with E-state index in [1.165, 1.54) is 12.1 Å². The number of halogens is 2. The number of fused-ring (bicyclic) bond motifs is 2. The van der Waals surface area contributed by atoms with Gasteiger partial charge in [-0.2, -0.15) is 8.78 Å². The lowest BCUT2D eigenvalue weighted by Crippen LogP contribution is -2.38. The Bertz CT molecular complexity index is 1810. The van der Waals surface area contributed by atoms with Crippen molar-refractivity contribution in [2.75, 3.05) is 7.05 Å². The highest BCUT2D eigenvalue weighted by Gasteiger charge is 2.38. The minimum atomic E-state index is -2.91. The molecule has 0 saturated heterocycles. The van der Waals surface area contributed by atoms with Gasteiger partial charge in [0.05, 0.1) is 22.6 Å². The summed E-state index contributed by atoms with van der Waals surface area (Å²) in [5, 5.41) is 7.90. The van der Waals surface area contributed by atoms with E-state index in [1.807, 2.05) is 49.5 Å². The highest BCUT2D eigenvalue weighted by molar-refractivity contribution is 6.07. The summed E-state index contributed by atoms with van der Waals surface area (Å²) in [5.41, 5.74) is 3.48. The Balaban J connectivity index is 1.42. The van der Waals surface area contributed by atoms with E-state index in [0.29, 0.717) is 41.7 Å². The second-order valence-corrected chi connectivity index (χ2v) is 11.1. The smallest absolute Gasteiger partial charge is 0.387 e. The number of imidazole rings is 1. The number of ether oxygens (including phenoxy) is 1. The van der Waals surface area contributed by atoms with Gasteiger partial charge in [-0.15, -0.1) is 0 Å². The number of hydrogen-bond acceptors (Lipinski definition) is 5. The minimum Gasteiger partial charge on any atom is -0.435 e. The number of para-hydroxylation sites is 1. The standard InChI is InChI=1S/C34H33F2N5O3/c1-3-7-28(20-12-14-24(15-13-20)44-34(35)36)40-33(43)26-10-6-11-29-30(26)41(23-16-22(17-23)32(42)37-2)31(39-29)27-19-38-18-21-8-4-5-9-25(21)27/h4-6,8-15,18-19,22-23,28,34H,3,7,16-17H2,1-2H3,(H,37,42)(H,40,43)/t22?,23?,28-/m0/s1. The molecule has 2 amide bonds. The summed E-state index contributed by atoms with van der Waals surface area (Å²) >= 11 is 0. The molecule has 10 heteroatoms. The average molecular weight is 598 g/mol. The molecule has 0 spiro atoms. The fourth-order valence-corrected chi connectivity index (χ4v) is 6.12. The molecule has 1 aliphatic carbocycles. The van der Waals surface area contributed by atoms with E-state index in [4.69, 9.17) is 4.98 Å². The summed E-state index contributed by atoms with van der Waals surface area (Å²) in [7, 11) is 1.64. The number of hydrogen-bond donors (Lipinski definition) is 2. The number of amides is 2. The van der Waals surface area contributed by atoms with Crippen LogP contribution in [-0.4, -0.2) is 40.0 Å². The average Bonchev–Trinajstić information content (AvgIpc) is 3.39. The second kappa shape index (κ2) is 12.4. The van der Waals surface area contributed by atoms with Crippen LogP contribution in [0.2, 0.25) is 0 Å². The van der Waals surface area contributed by atoms with E-state index in [1.54, 1.807) is 31.4 Å². The van der Waals surface area contributed by atoms with Crippen molar-refractivity contribution in [1.29, 1.82) is 0 Å². The number of pyridine rings is 1. The Morgan fingerprint density at radius 3 is 2.52 bits per heavy atom. The van der Waals surface area contributed by atoms with Gasteiger partial charge in [-0.25, -0.2) is 4.98 Å². The van der Waals surface area contributed by atoms with Gasteiger partial charge in [-0.1, -0.05) is 55.8 Å². The Hall–Kier alpha value is -4.86. The van der Waals surface area contributed by atoms with Crippen LogP contribution in [0.5, 0.6) is 5.75 Å². The molecule has 0 bridgehead atoms. The lowest BCUT2D eigenvalue weighted by Gasteiger charge is -2.36. The predicted molar refractivity (Wildman–Crippen MR) is 164 cm³/mol. The normalized spacial score (nSPS) is 16.9. The van der Waals surface area contributed by atoms with E-state index < -0.39 is 6.61 Å². The van der Waals surface area contributed by atoms with Crippen molar-refractivity contribution in [1.82, 2.24) is 25.2 Å². The van der Waals surface area contributed by atoms with Crippen molar-refractivity contribution >= 4 is 33.6 Å². The number of alkyl halides is 2. The Labute approximate surface area is 253 Å². The van der Waals surface area contributed by atoms with Gasteiger partial charge < -0.3 is 19.9 Å². The summed E-state index contributed by atoms with van der Waals surface area (Å²) in [6, 6.07) is 19.4. The first kappa shape index (κ1) is 29.2. The minimum absolute atomic E-state index is 0.00407. The van der Waals surface area contributed by atoms with Crippen LogP contribution in [0.3, 0.4) is 0 Å². The lowest BCUT2D eigenvalue weighted by atomic mass is 9.79. The number of benzene rings is 3. The van der Waals surface area contributed by atoms with Crippen LogP contribution in [0.15, 0.2) is 79.1 Å². The van der Waals surface area contributed by atoms with Crippen molar-refractivity contribution in [3.05, 3.63) is 90.3 Å². The zero-order valence-electron chi connectivity index (χ0n) is 24.5.